The molecule has 0 unspecified atom stereocenters. The molecule has 0 aromatic heterocycles. The van der Waals surface area contributed by atoms with E-state index in [2.05, 4.69) is 21.2 Å². The van der Waals surface area contributed by atoms with Crippen molar-refractivity contribution in [1.82, 2.24) is 10.2 Å². The summed E-state index contributed by atoms with van der Waals surface area (Å²) in [7, 11) is -3.96. The van der Waals surface area contributed by atoms with Crippen LogP contribution in [0, 0.1) is 0 Å². The van der Waals surface area contributed by atoms with Crippen LogP contribution >= 0.6 is 50.7 Å². The van der Waals surface area contributed by atoms with Gasteiger partial charge in [-0.3, -0.25) is 13.9 Å². The van der Waals surface area contributed by atoms with Crippen molar-refractivity contribution < 1.29 is 18.0 Å². The van der Waals surface area contributed by atoms with Crippen LogP contribution in [0.25, 0.3) is 0 Å². The Hall–Kier alpha value is -1.52. The quantitative estimate of drug-likeness (QED) is 0.352. The molecule has 12 heteroatoms. The normalized spacial score (nSPS) is 13.1. The monoisotopic (exact) mass is 625 g/mol. The summed E-state index contributed by atoms with van der Waals surface area (Å²) in [5.74, 6) is -0.939. The minimum atomic E-state index is -3.96. The molecule has 2 rings (SSSR count). The lowest BCUT2D eigenvalue weighted by Crippen LogP contribution is -2.52. The first-order valence-corrected chi connectivity index (χ1v) is 14.5. The molecule has 0 aliphatic rings. The van der Waals surface area contributed by atoms with Crippen LogP contribution in [-0.2, 0) is 26.2 Å². The number of benzene rings is 2. The van der Waals surface area contributed by atoms with Crippen LogP contribution in [0.3, 0.4) is 0 Å². The van der Waals surface area contributed by atoms with Crippen molar-refractivity contribution in [2.45, 2.75) is 45.8 Å². The number of sulfonamides is 1. The number of halogens is 4. The zero-order valence-corrected chi connectivity index (χ0v) is 24.4. The first-order chi connectivity index (χ1) is 16.2. The Morgan fingerprint density at radius 2 is 1.69 bits per heavy atom. The van der Waals surface area contributed by atoms with Crippen molar-refractivity contribution >= 4 is 78.3 Å². The predicted octanol–water partition coefficient (Wildman–Crippen LogP) is 5.51. The lowest BCUT2D eigenvalue weighted by atomic mass is 10.1. The molecule has 1 N–H and O–H groups in total. The van der Waals surface area contributed by atoms with Crippen molar-refractivity contribution in [3.05, 3.63) is 61.5 Å². The van der Waals surface area contributed by atoms with Crippen LogP contribution in [0.4, 0.5) is 5.69 Å². The van der Waals surface area contributed by atoms with E-state index in [4.69, 9.17) is 34.8 Å². The number of hydrogen-bond acceptors (Lipinski definition) is 4. The maximum absolute atomic E-state index is 13.6. The topological polar surface area (TPSA) is 86.8 Å². The summed E-state index contributed by atoms with van der Waals surface area (Å²) in [6.45, 7) is 4.89. The third-order valence-corrected chi connectivity index (χ3v) is 7.99. The molecule has 0 aliphatic heterocycles. The van der Waals surface area contributed by atoms with Crippen LogP contribution in [-0.4, -0.2) is 50.0 Å². The van der Waals surface area contributed by atoms with Crippen molar-refractivity contribution in [1.29, 1.82) is 0 Å². The first kappa shape index (κ1) is 29.7. The zero-order chi connectivity index (χ0) is 26.5. The third-order valence-electron chi connectivity index (χ3n) is 5.35. The molecule has 0 bridgehead atoms. The second-order valence-electron chi connectivity index (χ2n) is 8.13. The minimum Gasteiger partial charge on any atom is -0.352 e. The van der Waals surface area contributed by atoms with Gasteiger partial charge in [-0.2, -0.15) is 0 Å². The number of rotatable bonds is 10. The molecular formula is C23H27BrCl3N3O4S. The predicted molar refractivity (Wildman–Crippen MR) is 146 cm³/mol. The SMILES string of the molecule is CC[C@@H](C)NC(=O)[C@H](C)N(Cc1cccc(Br)c1)C(=O)CN(c1cc(Cl)c(Cl)cc1Cl)S(C)(=O)=O. The zero-order valence-electron chi connectivity index (χ0n) is 19.7. The molecule has 0 radical (unpaired) electrons. The van der Waals surface area contributed by atoms with E-state index in [1.807, 2.05) is 38.1 Å². The highest BCUT2D eigenvalue weighted by Gasteiger charge is 2.31. The van der Waals surface area contributed by atoms with E-state index >= 15 is 0 Å². The molecule has 0 heterocycles. The highest BCUT2D eigenvalue weighted by atomic mass is 79.9. The molecule has 0 fully saturated rings. The number of amides is 2. The Bertz CT molecular complexity index is 1200. The second-order valence-corrected chi connectivity index (χ2v) is 12.2. The summed E-state index contributed by atoms with van der Waals surface area (Å²) in [6, 6.07) is 8.93. The first-order valence-electron chi connectivity index (χ1n) is 10.7. The van der Waals surface area contributed by atoms with Crippen LogP contribution in [0.15, 0.2) is 40.9 Å². The van der Waals surface area contributed by atoms with Crippen LogP contribution in [0.2, 0.25) is 15.1 Å². The lowest BCUT2D eigenvalue weighted by molar-refractivity contribution is -0.139. The molecule has 35 heavy (non-hydrogen) atoms. The van der Waals surface area contributed by atoms with E-state index in [1.165, 1.54) is 17.0 Å². The Morgan fingerprint density at radius 1 is 1.06 bits per heavy atom. The Kier molecular flexibility index (Phi) is 10.7. The van der Waals surface area contributed by atoms with Gasteiger partial charge in [-0.1, -0.05) is 69.8 Å². The minimum absolute atomic E-state index is 0.0102. The van der Waals surface area contributed by atoms with Gasteiger partial charge in [0.15, 0.2) is 0 Å². The molecule has 192 valence electrons. The van der Waals surface area contributed by atoms with Crippen molar-refractivity contribution in [3.63, 3.8) is 0 Å². The molecule has 2 amide bonds. The molecule has 7 nitrogen and oxygen atoms in total. The number of hydrogen-bond donors (Lipinski definition) is 1. The third kappa shape index (κ3) is 8.25. The summed E-state index contributed by atoms with van der Waals surface area (Å²) in [4.78, 5) is 27.8. The summed E-state index contributed by atoms with van der Waals surface area (Å²) in [5.41, 5.74) is 0.769. The summed E-state index contributed by atoms with van der Waals surface area (Å²) < 4.78 is 27.0. The maximum Gasteiger partial charge on any atom is 0.244 e. The fraction of sp³-hybridized carbons (Fsp3) is 0.391. The van der Waals surface area contributed by atoms with Gasteiger partial charge in [0.25, 0.3) is 0 Å². The fourth-order valence-corrected chi connectivity index (χ4v) is 5.17. The number of carbonyl (C=O) groups is 2. The van der Waals surface area contributed by atoms with Gasteiger partial charge in [0.1, 0.15) is 12.6 Å². The van der Waals surface area contributed by atoms with Crippen LogP contribution in [0.5, 0.6) is 0 Å². The van der Waals surface area contributed by atoms with Gasteiger partial charge < -0.3 is 10.2 Å². The summed E-state index contributed by atoms with van der Waals surface area (Å²) in [6.07, 6.45) is 1.67. The molecule has 0 saturated heterocycles. The van der Waals surface area contributed by atoms with Gasteiger partial charge in [-0.25, -0.2) is 8.42 Å². The molecular weight excluding hydrogens is 601 g/mol. The number of carbonyl (C=O) groups excluding carboxylic acids is 2. The largest absolute Gasteiger partial charge is 0.352 e. The van der Waals surface area contributed by atoms with Gasteiger partial charge in [-0.05, 0) is 50.1 Å². The van der Waals surface area contributed by atoms with E-state index in [0.29, 0.717) is 0 Å². The molecule has 0 saturated carbocycles. The fourth-order valence-electron chi connectivity index (χ4n) is 3.18. The van der Waals surface area contributed by atoms with Crippen molar-refractivity contribution in [2.75, 3.05) is 17.1 Å². The van der Waals surface area contributed by atoms with E-state index in [1.54, 1.807) is 6.92 Å². The van der Waals surface area contributed by atoms with E-state index in [0.717, 1.165) is 27.0 Å². The van der Waals surface area contributed by atoms with Gasteiger partial charge >= 0.3 is 0 Å². The van der Waals surface area contributed by atoms with E-state index < -0.39 is 28.5 Å². The second kappa shape index (κ2) is 12.6. The maximum atomic E-state index is 13.6. The van der Waals surface area contributed by atoms with Gasteiger partial charge in [0, 0.05) is 17.1 Å². The highest BCUT2D eigenvalue weighted by molar-refractivity contribution is 9.10. The highest BCUT2D eigenvalue weighted by Crippen LogP contribution is 2.35. The van der Waals surface area contributed by atoms with Gasteiger partial charge in [0.05, 0.1) is 27.0 Å². The molecule has 2 aromatic carbocycles. The molecule has 0 spiro atoms. The number of nitrogens with zero attached hydrogens (tertiary/aromatic N) is 2. The van der Waals surface area contributed by atoms with Crippen LogP contribution < -0.4 is 9.62 Å². The van der Waals surface area contributed by atoms with Crippen molar-refractivity contribution in [2.24, 2.45) is 0 Å². The van der Waals surface area contributed by atoms with E-state index in [9.17, 15) is 18.0 Å². The van der Waals surface area contributed by atoms with Crippen LogP contribution in [0.1, 0.15) is 32.8 Å². The molecule has 0 aliphatic carbocycles. The van der Waals surface area contributed by atoms with Gasteiger partial charge in [-0.15, -0.1) is 0 Å². The number of nitrogens with one attached hydrogen (secondary N) is 1. The summed E-state index contributed by atoms with van der Waals surface area (Å²) >= 11 is 21.7. The Labute approximate surface area is 229 Å². The lowest BCUT2D eigenvalue weighted by Gasteiger charge is -2.32. The summed E-state index contributed by atoms with van der Waals surface area (Å²) in [5, 5.41) is 3.11. The van der Waals surface area contributed by atoms with E-state index in [-0.39, 0.29) is 39.2 Å². The standard InChI is InChI=1S/C23H27BrCl3N3O4S/c1-5-14(2)28-23(32)15(3)29(12-16-7-6-8-17(24)9-16)22(31)13-30(35(4,33)34)21-11-19(26)18(25)10-20(21)27/h6-11,14-15H,5,12-13H2,1-4H3,(H,28,32)/t14-,15+/m1/s1. The average molecular weight is 628 g/mol. The Balaban J connectivity index is 2.46. The molecule has 2 atom stereocenters. The van der Waals surface area contributed by atoms with Gasteiger partial charge in [0.2, 0.25) is 21.8 Å². The van der Waals surface area contributed by atoms with Crippen molar-refractivity contribution in [3.8, 4) is 0 Å². The smallest absolute Gasteiger partial charge is 0.244 e. The molecule has 2 aromatic rings. The average Bonchev–Trinajstić information content (AvgIpc) is 2.77. The Morgan fingerprint density at radius 3 is 2.26 bits per heavy atom. The number of anilines is 1.